The molecule has 1 amide bonds. The van der Waals surface area contributed by atoms with Crippen LogP contribution in [0.1, 0.15) is 5.56 Å². The molecule has 1 rings (SSSR count). The van der Waals surface area contributed by atoms with E-state index in [1.807, 2.05) is 0 Å². The minimum atomic E-state index is -0.495. The van der Waals surface area contributed by atoms with Gasteiger partial charge in [0.1, 0.15) is 6.61 Å². The number of halogens is 2. The molecule has 0 fully saturated rings. The van der Waals surface area contributed by atoms with Crippen LogP contribution in [0.2, 0.25) is 10.0 Å². The molecule has 94 valence electrons. The standard InChI is InChI=1S/C11H13Cl2NO3/c1-14(11(16)17-5-4-15)7-8-2-3-9(12)10(13)6-8/h2-3,6,15H,4-5,7H2,1H3. The number of amides is 1. The van der Waals surface area contributed by atoms with Crippen LogP contribution in [-0.4, -0.2) is 36.4 Å². The van der Waals surface area contributed by atoms with E-state index >= 15 is 0 Å². The number of rotatable bonds is 4. The highest BCUT2D eigenvalue weighted by Crippen LogP contribution is 2.23. The minimum absolute atomic E-state index is 0.00938. The van der Waals surface area contributed by atoms with Gasteiger partial charge in [-0.25, -0.2) is 4.79 Å². The third-order valence-corrected chi connectivity index (χ3v) is 2.77. The van der Waals surface area contributed by atoms with Crippen LogP contribution in [0.3, 0.4) is 0 Å². The summed E-state index contributed by atoms with van der Waals surface area (Å²) < 4.78 is 4.76. The van der Waals surface area contributed by atoms with Crippen molar-refractivity contribution in [2.45, 2.75) is 6.54 Å². The molecule has 0 bridgehead atoms. The van der Waals surface area contributed by atoms with Gasteiger partial charge in [-0.1, -0.05) is 29.3 Å². The summed E-state index contributed by atoms with van der Waals surface area (Å²) in [6, 6.07) is 5.15. The first kappa shape index (κ1) is 14.1. The second-order valence-corrected chi connectivity index (χ2v) is 4.26. The number of hydrogen-bond donors (Lipinski definition) is 1. The van der Waals surface area contributed by atoms with Gasteiger partial charge in [-0.15, -0.1) is 0 Å². The number of hydrogen-bond acceptors (Lipinski definition) is 3. The number of aliphatic hydroxyl groups excluding tert-OH is 1. The Morgan fingerprint density at radius 2 is 2.12 bits per heavy atom. The molecule has 0 spiro atoms. The first-order valence-corrected chi connectivity index (χ1v) is 5.73. The number of aliphatic hydroxyl groups is 1. The molecule has 6 heteroatoms. The molecular formula is C11H13Cl2NO3. The van der Waals surface area contributed by atoms with E-state index in [1.54, 1.807) is 25.2 Å². The zero-order chi connectivity index (χ0) is 12.8. The number of benzene rings is 1. The maximum absolute atomic E-state index is 11.4. The summed E-state index contributed by atoms with van der Waals surface area (Å²) >= 11 is 11.6. The lowest BCUT2D eigenvalue weighted by Gasteiger charge is -2.16. The summed E-state index contributed by atoms with van der Waals surface area (Å²) in [5, 5.41) is 9.44. The normalized spacial score (nSPS) is 10.1. The maximum Gasteiger partial charge on any atom is 0.409 e. The zero-order valence-electron chi connectivity index (χ0n) is 9.32. The lowest BCUT2D eigenvalue weighted by atomic mass is 10.2. The molecule has 0 saturated heterocycles. The van der Waals surface area contributed by atoms with Gasteiger partial charge in [0.15, 0.2) is 0 Å². The average Bonchev–Trinajstić information content (AvgIpc) is 2.30. The molecular weight excluding hydrogens is 265 g/mol. The third kappa shape index (κ3) is 4.42. The monoisotopic (exact) mass is 277 g/mol. The van der Waals surface area contributed by atoms with Crippen molar-refractivity contribution in [3.05, 3.63) is 33.8 Å². The Hall–Kier alpha value is -0.970. The third-order valence-electron chi connectivity index (χ3n) is 2.03. The van der Waals surface area contributed by atoms with Crippen molar-refractivity contribution in [3.8, 4) is 0 Å². The van der Waals surface area contributed by atoms with Crippen LogP contribution < -0.4 is 0 Å². The predicted octanol–water partition coefficient (Wildman–Crippen LogP) is 2.55. The van der Waals surface area contributed by atoms with Crippen molar-refractivity contribution in [1.82, 2.24) is 4.90 Å². The van der Waals surface area contributed by atoms with Crippen molar-refractivity contribution in [1.29, 1.82) is 0 Å². The van der Waals surface area contributed by atoms with Gasteiger partial charge in [0, 0.05) is 13.6 Å². The molecule has 0 aliphatic heterocycles. The molecule has 0 aliphatic carbocycles. The van der Waals surface area contributed by atoms with Gasteiger partial charge in [-0.3, -0.25) is 0 Å². The summed E-state index contributed by atoms with van der Waals surface area (Å²) in [6.07, 6.45) is -0.495. The molecule has 0 heterocycles. The van der Waals surface area contributed by atoms with Gasteiger partial charge in [0.25, 0.3) is 0 Å². The molecule has 4 nitrogen and oxygen atoms in total. The molecule has 1 aromatic carbocycles. The smallest absolute Gasteiger partial charge is 0.409 e. The predicted molar refractivity (Wildman–Crippen MR) is 66.4 cm³/mol. The molecule has 0 saturated carbocycles. The molecule has 0 aliphatic rings. The van der Waals surface area contributed by atoms with Crippen LogP contribution in [0, 0.1) is 0 Å². The van der Waals surface area contributed by atoms with Gasteiger partial charge in [-0.05, 0) is 17.7 Å². The van der Waals surface area contributed by atoms with E-state index in [4.69, 9.17) is 33.0 Å². The van der Waals surface area contributed by atoms with Crippen LogP contribution in [-0.2, 0) is 11.3 Å². The van der Waals surface area contributed by atoms with E-state index in [0.29, 0.717) is 16.6 Å². The van der Waals surface area contributed by atoms with Crippen LogP contribution in [0.15, 0.2) is 18.2 Å². The second kappa shape index (κ2) is 6.69. The van der Waals surface area contributed by atoms with Gasteiger partial charge in [0.2, 0.25) is 0 Å². The molecule has 17 heavy (non-hydrogen) atoms. The Kier molecular flexibility index (Phi) is 5.55. The number of carbonyl (C=O) groups is 1. The Balaban J connectivity index is 2.58. The first-order chi connectivity index (χ1) is 8.04. The Bertz CT molecular complexity index is 398. The molecule has 0 unspecified atom stereocenters. The van der Waals surface area contributed by atoms with Crippen molar-refractivity contribution in [3.63, 3.8) is 0 Å². The fourth-order valence-electron chi connectivity index (χ4n) is 1.22. The topological polar surface area (TPSA) is 49.8 Å². The Morgan fingerprint density at radius 3 is 2.71 bits per heavy atom. The largest absolute Gasteiger partial charge is 0.447 e. The van der Waals surface area contributed by atoms with Crippen LogP contribution in [0.5, 0.6) is 0 Å². The highest BCUT2D eigenvalue weighted by atomic mass is 35.5. The van der Waals surface area contributed by atoms with Gasteiger partial charge in [-0.2, -0.15) is 0 Å². The van der Waals surface area contributed by atoms with E-state index in [9.17, 15) is 4.79 Å². The highest BCUT2D eigenvalue weighted by molar-refractivity contribution is 6.42. The number of ether oxygens (including phenoxy) is 1. The minimum Gasteiger partial charge on any atom is -0.447 e. The fourth-order valence-corrected chi connectivity index (χ4v) is 1.54. The first-order valence-electron chi connectivity index (χ1n) is 4.97. The Labute approximate surface area is 110 Å². The van der Waals surface area contributed by atoms with Crippen LogP contribution in [0.4, 0.5) is 4.79 Å². The highest BCUT2D eigenvalue weighted by Gasteiger charge is 2.10. The van der Waals surface area contributed by atoms with Crippen molar-refractivity contribution in [2.75, 3.05) is 20.3 Å². The lowest BCUT2D eigenvalue weighted by Crippen LogP contribution is -2.27. The fraction of sp³-hybridized carbons (Fsp3) is 0.364. The van der Waals surface area contributed by atoms with Gasteiger partial charge >= 0.3 is 6.09 Å². The summed E-state index contributed by atoms with van der Waals surface area (Å²) in [5.74, 6) is 0. The zero-order valence-corrected chi connectivity index (χ0v) is 10.8. The van der Waals surface area contributed by atoms with Crippen LogP contribution in [0.25, 0.3) is 0 Å². The van der Waals surface area contributed by atoms with Gasteiger partial charge < -0.3 is 14.7 Å². The average molecular weight is 278 g/mol. The van der Waals surface area contributed by atoms with E-state index < -0.39 is 6.09 Å². The van der Waals surface area contributed by atoms with Crippen LogP contribution >= 0.6 is 23.2 Å². The molecule has 0 radical (unpaired) electrons. The quantitative estimate of drug-likeness (QED) is 0.920. The summed E-state index contributed by atoms with van der Waals surface area (Å²) in [6.45, 7) is 0.165. The van der Waals surface area contributed by atoms with E-state index in [2.05, 4.69) is 0 Å². The lowest BCUT2D eigenvalue weighted by molar-refractivity contribution is 0.0894. The van der Waals surface area contributed by atoms with Crippen molar-refractivity contribution < 1.29 is 14.6 Å². The Morgan fingerprint density at radius 1 is 1.41 bits per heavy atom. The SMILES string of the molecule is CN(Cc1ccc(Cl)c(Cl)c1)C(=O)OCCO. The summed E-state index contributed by atoms with van der Waals surface area (Å²) in [7, 11) is 1.60. The summed E-state index contributed by atoms with van der Waals surface area (Å²) in [5.41, 5.74) is 0.850. The molecule has 0 atom stereocenters. The van der Waals surface area contributed by atoms with Crippen molar-refractivity contribution >= 4 is 29.3 Å². The molecule has 1 N–H and O–H groups in total. The van der Waals surface area contributed by atoms with E-state index in [-0.39, 0.29) is 13.2 Å². The van der Waals surface area contributed by atoms with Gasteiger partial charge in [0.05, 0.1) is 16.7 Å². The summed E-state index contributed by atoms with van der Waals surface area (Å²) in [4.78, 5) is 12.8. The second-order valence-electron chi connectivity index (χ2n) is 3.44. The maximum atomic E-state index is 11.4. The number of carbonyl (C=O) groups excluding carboxylic acids is 1. The molecule has 0 aromatic heterocycles. The van der Waals surface area contributed by atoms with E-state index in [1.165, 1.54) is 4.90 Å². The van der Waals surface area contributed by atoms with Crippen molar-refractivity contribution in [2.24, 2.45) is 0 Å². The number of nitrogens with zero attached hydrogens (tertiary/aromatic N) is 1. The van der Waals surface area contributed by atoms with E-state index in [0.717, 1.165) is 5.56 Å². The molecule has 1 aromatic rings.